The molecule has 1 N–H and O–H groups in total. The number of carbonyl (C=O) groups is 1. The van der Waals surface area contributed by atoms with Gasteiger partial charge in [-0.25, -0.2) is 4.98 Å². The maximum Gasteiger partial charge on any atom is 0.225 e. The summed E-state index contributed by atoms with van der Waals surface area (Å²) in [5.74, 6) is 0.386. The fourth-order valence-electron chi connectivity index (χ4n) is 4.72. The maximum atomic E-state index is 13.0. The highest BCUT2D eigenvalue weighted by Crippen LogP contribution is 2.42. The lowest BCUT2D eigenvalue weighted by molar-refractivity contribution is -0.138. The SMILES string of the molecule is Cc1nc(C2(c3ccccc3)CCN(C(=O)C3CCC(O)CC3)CC2)cs1. The Bertz CT molecular complexity index is 773. The summed E-state index contributed by atoms with van der Waals surface area (Å²) in [5, 5.41) is 13.0. The van der Waals surface area contributed by atoms with Crippen molar-refractivity contribution in [2.45, 2.75) is 57.0 Å². The zero-order chi connectivity index (χ0) is 18.9. The summed E-state index contributed by atoms with van der Waals surface area (Å²) < 4.78 is 0. The van der Waals surface area contributed by atoms with Crippen molar-refractivity contribution in [3.05, 3.63) is 52.0 Å². The van der Waals surface area contributed by atoms with Gasteiger partial charge in [-0.15, -0.1) is 11.3 Å². The number of thiazole rings is 1. The molecule has 27 heavy (non-hydrogen) atoms. The number of aliphatic hydroxyl groups excluding tert-OH is 1. The average molecular weight is 385 g/mol. The molecule has 1 aliphatic heterocycles. The minimum atomic E-state index is -0.214. The van der Waals surface area contributed by atoms with Crippen LogP contribution in [0.3, 0.4) is 0 Å². The molecule has 0 bridgehead atoms. The molecule has 0 radical (unpaired) electrons. The smallest absolute Gasteiger partial charge is 0.225 e. The van der Waals surface area contributed by atoms with Crippen LogP contribution in [0.15, 0.2) is 35.7 Å². The lowest BCUT2D eigenvalue weighted by Crippen LogP contribution is -2.48. The van der Waals surface area contributed by atoms with Crippen LogP contribution in [0.4, 0.5) is 0 Å². The fraction of sp³-hybridized carbons (Fsp3) is 0.545. The van der Waals surface area contributed by atoms with Gasteiger partial charge in [0.2, 0.25) is 5.91 Å². The van der Waals surface area contributed by atoms with Crippen LogP contribution in [-0.4, -0.2) is 40.1 Å². The summed E-state index contributed by atoms with van der Waals surface area (Å²) in [4.78, 5) is 19.9. The molecule has 1 amide bonds. The van der Waals surface area contributed by atoms with Crippen molar-refractivity contribution in [3.8, 4) is 0 Å². The van der Waals surface area contributed by atoms with Gasteiger partial charge < -0.3 is 10.0 Å². The standard InChI is InChI=1S/C22H28N2O2S/c1-16-23-20(15-27-16)22(18-5-3-2-4-6-18)11-13-24(14-12-22)21(26)17-7-9-19(25)10-8-17/h2-6,15,17,19,25H,7-14H2,1H3. The first-order valence-electron chi connectivity index (χ1n) is 10.0. The van der Waals surface area contributed by atoms with Crippen LogP contribution >= 0.6 is 11.3 Å². The molecule has 1 aliphatic carbocycles. The van der Waals surface area contributed by atoms with Gasteiger partial charge in [0.1, 0.15) is 0 Å². The maximum absolute atomic E-state index is 13.0. The molecule has 0 unspecified atom stereocenters. The molecule has 1 saturated heterocycles. The number of aromatic nitrogens is 1. The van der Waals surface area contributed by atoms with Crippen molar-refractivity contribution >= 4 is 17.2 Å². The highest BCUT2D eigenvalue weighted by atomic mass is 32.1. The van der Waals surface area contributed by atoms with Gasteiger partial charge in [-0.2, -0.15) is 0 Å². The Hall–Kier alpha value is -1.72. The number of nitrogens with zero attached hydrogens (tertiary/aromatic N) is 2. The zero-order valence-corrected chi connectivity index (χ0v) is 16.8. The molecular formula is C22H28N2O2S. The molecule has 0 spiro atoms. The van der Waals surface area contributed by atoms with Crippen molar-refractivity contribution in [2.75, 3.05) is 13.1 Å². The predicted octanol–water partition coefficient (Wildman–Crippen LogP) is 3.91. The van der Waals surface area contributed by atoms with E-state index in [0.29, 0.717) is 0 Å². The normalized spacial score (nSPS) is 25.3. The second kappa shape index (κ2) is 7.72. The Labute approximate surface area is 165 Å². The third-order valence-electron chi connectivity index (χ3n) is 6.41. The van der Waals surface area contributed by atoms with Gasteiger partial charge in [0.05, 0.1) is 16.8 Å². The molecule has 2 aromatic rings. The number of aliphatic hydroxyl groups is 1. The Kier molecular flexibility index (Phi) is 5.33. The summed E-state index contributed by atoms with van der Waals surface area (Å²) in [6.45, 7) is 3.62. The number of carbonyl (C=O) groups excluding carboxylic acids is 1. The van der Waals surface area contributed by atoms with Crippen LogP contribution in [0.2, 0.25) is 0 Å². The van der Waals surface area contributed by atoms with Gasteiger partial charge in [0.25, 0.3) is 0 Å². The van der Waals surface area contributed by atoms with E-state index < -0.39 is 0 Å². The number of rotatable bonds is 3. The van der Waals surface area contributed by atoms with Gasteiger partial charge in [0.15, 0.2) is 0 Å². The summed E-state index contributed by atoms with van der Waals surface area (Å²) in [5.41, 5.74) is 2.37. The van der Waals surface area contributed by atoms with Crippen molar-refractivity contribution in [3.63, 3.8) is 0 Å². The van der Waals surface area contributed by atoms with Gasteiger partial charge in [-0.05, 0) is 51.0 Å². The quantitative estimate of drug-likeness (QED) is 0.873. The molecule has 1 aromatic heterocycles. The van der Waals surface area contributed by atoms with Gasteiger partial charge in [-0.1, -0.05) is 30.3 Å². The van der Waals surface area contributed by atoms with Crippen molar-refractivity contribution in [2.24, 2.45) is 5.92 Å². The van der Waals surface area contributed by atoms with E-state index in [1.54, 1.807) is 11.3 Å². The lowest BCUT2D eigenvalue weighted by atomic mass is 9.70. The monoisotopic (exact) mass is 384 g/mol. The van der Waals surface area contributed by atoms with E-state index >= 15 is 0 Å². The molecule has 4 nitrogen and oxygen atoms in total. The van der Waals surface area contributed by atoms with Crippen molar-refractivity contribution in [1.29, 1.82) is 0 Å². The molecule has 5 heteroatoms. The first-order chi connectivity index (χ1) is 13.1. The van der Waals surface area contributed by atoms with Crippen LogP contribution < -0.4 is 0 Å². The minimum Gasteiger partial charge on any atom is -0.393 e. The second-order valence-corrected chi connectivity index (χ2v) is 9.09. The Morgan fingerprint density at radius 1 is 1.15 bits per heavy atom. The fourth-order valence-corrected chi connectivity index (χ4v) is 5.43. The molecule has 4 rings (SSSR count). The van der Waals surface area contributed by atoms with Crippen LogP contribution in [0.1, 0.15) is 54.8 Å². The van der Waals surface area contributed by atoms with Gasteiger partial charge >= 0.3 is 0 Å². The third-order valence-corrected chi connectivity index (χ3v) is 7.18. The first-order valence-corrected chi connectivity index (χ1v) is 10.9. The summed E-state index contributed by atoms with van der Waals surface area (Å²) in [7, 11) is 0. The van der Waals surface area contributed by atoms with Crippen LogP contribution in [0.5, 0.6) is 0 Å². The van der Waals surface area contributed by atoms with Crippen LogP contribution in [-0.2, 0) is 10.2 Å². The van der Waals surface area contributed by atoms with Crippen LogP contribution in [0, 0.1) is 12.8 Å². The second-order valence-electron chi connectivity index (χ2n) is 8.03. The Morgan fingerprint density at radius 2 is 1.81 bits per heavy atom. The largest absolute Gasteiger partial charge is 0.393 e. The van der Waals surface area contributed by atoms with E-state index in [2.05, 4.69) is 47.5 Å². The number of hydrogen-bond acceptors (Lipinski definition) is 4. The lowest BCUT2D eigenvalue weighted by Gasteiger charge is -2.42. The number of aryl methyl sites for hydroxylation is 1. The Balaban J connectivity index is 1.52. The van der Waals surface area contributed by atoms with Gasteiger partial charge in [0, 0.05) is 29.8 Å². The number of benzene rings is 1. The number of likely N-dealkylation sites (tertiary alicyclic amines) is 1. The minimum absolute atomic E-state index is 0.0917. The van der Waals surface area contributed by atoms with Crippen molar-refractivity contribution in [1.82, 2.24) is 9.88 Å². The summed E-state index contributed by atoms with van der Waals surface area (Å²) in [6.07, 6.45) is 4.79. The summed E-state index contributed by atoms with van der Waals surface area (Å²) in [6, 6.07) is 10.7. The molecule has 0 atom stereocenters. The molecule has 1 aromatic carbocycles. The number of hydrogen-bond donors (Lipinski definition) is 1. The third kappa shape index (κ3) is 3.67. The molecular weight excluding hydrogens is 356 g/mol. The summed E-state index contributed by atoms with van der Waals surface area (Å²) >= 11 is 1.71. The molecule has 144 valence electrons. The molecule has 2 aliphatic rings. The highest BCUT2D eigenvalue weighted by Gasteiger charge is 2.41. The number of piperidine rings is 1. The average Bonchev–Trinajstić information content (AvgIpc) is 3.16. The predicted molar refractivity (Wildman–Crippen MR) is 108 cm³/mol. The molecule has 2 heterocycles. The van der Waals surface area contributed by atoms with E-state index in [1.165, 1.54) is 5.56 Å². The van der Waals surface area contributed by atoms with E-state index in [9.17, 15) is 9.90 Å². The molecule has 2 fully saturated rings. The van der Waals surface area contributed by atoms with Crippen molar-refractivity contribution < 1.29 is 9.90 Å². The van der Waals surface area contributed by atoms with Gasteiger partial charge in [-0.3, -0.25) is 4.79 Å². The topological polar surface area (TPSA) is 53.4 Å². The van der Waals surface area contributed by atoms with Crippen LogP contribution in [0.25, 0.3) is 0 Å². The molecule has 1 saturated carbocycles. The highest BCUT2D eigenvalue weighted by molar-refractivity contribution is 7.09. The van der Waals surface area contributed by atoms with E-state index in [4.69, 9.17) is 4.98 Å². The van der Waals surface area contributed by atoms with E-state index in [-0.39, 0.29) is 23.3 Å². The Morgan fingerprint density at radius 3 is 2.41 bits per heavy atom. The zero-order valence-electron chi connectivity index (χ0n) is 15.9. The van der Waals surface area contributed by atoms with E-state index in [0.717, 1.165) is 62.3 Å². The number of amides is 1. The van der Waals surface area contributed by atoms with E-state index in [1.807, 2.05) is 0 Å². The first kappa shape index (κ1) is 18.6.